The number of likely N-dealkylation sites (tertiary alicyclic amines) is 1. The lowest BCUT2D eigenvalue weighted by Gasteiger charge is -2.37. The second-order valence-electron chi connectivity index (χ2n) is 5.84. The zero-order valence-corrected chi connectivity index (χ0v) is 11.7. The largest absolute Gasteiger partial charge is 0.329 e. The summed E-state index contributed by atoms with van der Waals surface area (Å²) in [6.07, 6.45) is 5.71. The first kappa shape index (κ1) is 13.3. The zero-order valence-electron chi connectivity index (χ0n) is 11.7. The van der Waals surface area contributed by atoms with Gasteiger partial charge in [0.05, 0.1) is 0 Å². The van der Waals surface area contributed by atoms with Crippen LogP contribution in [0.25, 0.3) is 0 Å². The van der Waals surface area contributed by atoms with Crippen LogP contribution in [0, 0.1) is 12.8 Å². The molecule has 0 unspecified atom stereocenters. The molecular weight excluding hydrogens is 224 g/mol. The third-order valence-corrected chi connectivity index (χ3v) is 3.75. The highest BCUT2D eigenvalue weighted by Crippen LogP contribution is 2.32. The molecule has 0 amide bonds. The van der Waals surface area contributed by atoms with Crippen LogP contribution in [0.4, 0.5) is 0 Å². The van der Waals surface area contributed by atoms with Crippen molar-refractivity contribution in [2.45, 2.75) is 46.1 Å². The molecule has 0 spiro atoms. The molecule has 1 fully saturated rings. The number of hydrogen-bond donors (Lipinski definition) is 1. The highest BCUT2D eigenvalue weighted by atomic mass is 16.1. The Morgan fingerprint density at radius 2 is 2.22 bits per heavy atom. The highest BCUT2D eigenvalue weighted by molar-refractivity contribution is 5.25. The molecule has 1 aliphatic heterocycles. The van der Waals surface area contributed by atoms with Crippen molar-refractivity contribution in [2.24, 2.45) is 5.92 Å². The predicted octanol–water partition coefficient (Wildman–Crippen LogP) is 2.87. The fourth-order valence-corrected chi connectivity index (χ4v) is 2.97. The fraction of sp³-hybridized carbons (Fsp3) is 0.667. The molecule has 1 saturated heterocycles. The van der Waals surface area contributed by atoms with Crippen LogP contribution in [-0.2, 0) is 0 Å². The minimum Gasteiger partial charge on any atom is -0.329 e. The molecule has 1 aromatic heterocycles. The van der Waals surface area contributed by atoms with Crippen LogP contribution in [0.5, 0.6) is 0 Å². The Morgan fingerprint density at radius 3 is 2.89 bits per heavy atom. The van der Waals surface area contributed by atoms with Gasteiger partial charge in [0.15, 0.2) is 0 Å². The molecule has 18 heavy (non-hydrogen) atoms. The molecule has 1 aromatic rings. The Morgan fingerprint density at radius 1 is 1.44 bits per heavy atom. The first-order valence-corrected chi connectivity index (χ1v) is 7.01. The van der Waals surface area contributed by atoms with Gasteiger partial charge in [0.1, 0.15) is 0 Å². The molecule has 2 rings (SSSR count). The molecule has 3 heteroatoms. The monoisotopic (exact) mass is 248 g/mol. The van der Waals surface area contributed by atoms with Crippen molar-refractivity contribution in [2.75, 3.05) is 13.1 Å². The van der Waals surface area contributed by atoms with Crippen molar-refractivity contribution in [1.82, 2.24) is 9.88 Å². The number of hydrogen-bond acceptors (Lipinski definition) is 2. The second-order valence-corrected chi connectivity index (χ2v) is 5.84. The van der Waals surface area contributed by atoms with Crippen molar-refractivity contribution in [3.05, 3.63) is 33.7 Å². The van der Waals surface area contributed by atoms with E-state index in [4.69, 9.17) is 0 Å². The molecule has 0 saturated carbocycles. The number of pyridine rings is 1. The summed E-state index contributed by atoms with van der Waals surface area (Å²) in [6.45, 7) is 8.91. The minimum absolute atomic E-state index is 0.00229. The molecule has 1 N–H and O–H groups in total. The van der Waals surface area contributed by atoms with E-state index in [9.17, 15) is 4.79 Å². The molecule has 0 radical (unpaired) electrons. The van der Waals surface area contributed by atoms with Gasteiger partial charge in [0, 0.05) is 24.8 Å². The zero-order chi connectivity index (χ0) is 13.1. The topological polar surface area (TPSA) is 36.1 Å². The smallest absolute Gasteiger partial charge is 0.248 e. The molecule has 1 aliphatic rings. The molecule has 0 bridgehead atoms. The first-order valence-electron chi connectivity index (χ1n) is 7.01. The summed E-state index contributed by atoms with van der Waals surface area (Å²) < 4.78 is 0. The van der Waals surface area contributed by atoms with E-state index in [0.717, 1.165) is 12.1 Å². The van der Waals surface area contributed by atoms with Crippen LogP contribution in [0.1, 0.15) is 50.3 Å². The number of nitrogens with zero attached hydrogens (tertiary/aromatic N) is 1. The van der Waals surface area contributed by atoms with Gasteiger partial charge < -0.3 is 4.98 Å². The average Bonchev–Trinajstić information content (AvgIpc) is 2.30. The van der Waals surface area contributed by atoms with E-state index in [1.807, 2.05) is 13.1 Å². The Hall–Kier alpha value is -1.09. The predicted molar refractivity (Wildman–Crippen MR) is 74.8 cm³/mol. The van der Waals surface area contributed by atoms with Crippen molar-refractivity contribution in [3.8, 4) is 0 Å². The quantitative estimate of drug-likeness (QED) is 0.893. The summed E-state index contributed by atoms with van der Waals surface area (Å²) in [4.78, 5) is 16.7. The van der Waals surface area contributed by atoms with E-state index in [2.05, 4.69) is 23.7 Å². The van der Waals surface area contributed by atoms with Crippen LogP contribution in [0.2, 0.25) is 0 Å². The summed E-state index contributed by atoms with van der Waals surface area (Å²) in [5.74, 6) is 0.689. The molecular formula is C15H24N2O. The summed E-state index contributed by atoms with van der Waals surface area (Å²) in [7, 11) is 0. The van der Waals surface area contributed by atoms with Crippen LogP contribution in [-0.4, -0.2) is 23.0 Å². The Kier molecular flexibility index (Phi) is 4.23. The number of aromatic amines is 1. The Labute approximate surface area is 109 Å². The number of H-pyrrole nitrogens is 1. The van der Waals surface area contributed by atoms with Crippen LogP contribution < -0.4 is 5.56 Å². The van der Waals surface area contributed by atoms with E-state index in [1.165, 1.54) is 31.4 Å². The van der Waals surface area contributed by atoms with Crippen molar-refractivity contribution < 1.29 is 0 Å². The maximum absolute atomic E-state index is 11.3. The second kappa shape index (κ2) is 5.70. The van der Waals surface area contributed by atoms with E-state index >= 15 is 0 Å². The summed E-state index contributed by atoms with van der Waals surface area (Å²) in [5.41, 5.74) is 2.43. The number of aryl methyl sites for hydroxylation is 1. The maximum atomic E-state index is 11.3. The van der Waals surface area contributed by atoms with Crippen LogP contribution in [0.15, 0.2) is 17.1 Å². The Bertz CT molecular complexity index is 450. The van der Waals surface area contributed by atoms with Crippen molar-refractivity contribution >= 4 is 0 Å². The van der Waals surface area contributed by atoms with Gasteiger partial charge in [-0.25, -0.2) is 0 Å². The van der Waals surface area contributed by atoms with Crippen molar-refractivity contribution in [1.29, 1.82) is 0 Å². The van der Waals surface area contributed by atoms with E-state index in [1.54, 1.807) is 6.07 Å². The number of piperidine rings is 1. The third-order valence-electron chi connectivity index (χ3n) is 3.75. The summed E-state index contributed by atoms with van der Waals surface area (Å²) in [6, 6.07) is 2.20. The molecule has 0 aromatic carbocycles. The van der Waals surface area contributed by atoms with Gasteiger partial charge in [-0.15, -0.1) is 0 Å². The van der Waals surface area contributed by atoms with Gasteiger partial charge in [0.25, 0.3) is 0 Å². The SMILES string of the molecule is Cc1cc(=O)[nH]cc1[C@H]1CCCCN1CC(C)C. The van der Waals surface area contributed by atoms with Crippen LogP contribution >= 0.6 is 0 Å². The lowest BCUT2D eigenvalue weighted by Crippen LogP contribution is -2.36. The minimum atomic E-state index is 0.00229. The normalized spacial score (nSPS) is 21.4. The van der Waals surface area contributed by atoms with Gasteiger partial charge in [-0.3, -0.25) is 9.69 Å². The maximum Gasteiger partial charge on any atom is 0.248 e. The van der Waals surface area contributed by atoms with Gasteiger partial charge in [-0.1, -0.05) is 20.3 Å². The van der Waals surface area contributed by atoms with Gasteiger partial charge >= 0.3 is 0 Å². The molecule has 1 atom stereocenters. The third kappa shape index (κ3) is 3.02. The highest BCUT2D eigenvalue weighted by Gasteiger charge is 2.25. The number of aromatic nitrogens is 1. The van der Waals surface area contributed by atoms with Crippen molar-refractivity contribution in [3.63, 3.8) is 0 Å². The van der Waals surface area contributed by atoms with Gasteiger partial charge in [-0.05, 0) is 43.4 Å². The van der Waals surface area contributed by atoms with E-state index in [0.29, 0.717) is 12.0 Å². The summed E-state index contributed by atoms with van der Waals surface area (Å²) in [5, 5.41) is 0. The standard InChI is InChI=1S/C15H24N2O/c1-11(2)10-17-7-5-4-6-14(17)13-9-16-15(18)8-12(13)3/h8-9,11,14H,4-7,10H2,1-3H3,(H,16,18)/t14-/m1/s1. The van der Waals surface area contributed by atoms with Crippen LogP contribution in [0.3, 0.4) is 0 Å². The summed E-state index contributed by atoms with van der Waals surface area (Å²) >= 11 is 0. The Balaban J connectivity index is 2.24. The lowest BCUT2D eigenvalue weighted by molar-refractivity contribution is 0.131. The first-order chi connectivity index (χ1) is 8.58. The molecule has 0 aliphatic carbocycles. The van der Waals surface area contributed by atoms with E-state index < -0.39 is 0 Å². The molecule has 100 valence electrons. The number of nitrogens with one attached hydrogen (secondary N) is 1. The molecule has 3 nitrogen and oxygen atoms in total. The average molecular weight is 248 g/mol. The lowest BCUT2D eigenvalue weighted by atomic mass is 9.93. The number of rotatable bonds is 3. The van der Waals surface area contributed by atoms with Gasteiger partial charge in [-0.2, -0.15) is 0 Å². The van der Waals surface area contributed by atoms with E-state index in [-0.39, 0.29) is 5.56 Å². The fourth-order valence-electron chi connectivity index (χ4n) is 2.97. The molecule has 2 heterocycles. The van der Waals surface area contributed by atoms with Gasteiger partial charge in [0.2, 0.25) is 5.56 Å².